The summed E-state index contributed by atoms with van der Waals surface area (Å²) >= 11 is 0. The fourth-order valence-corrected chi connectivity index (χ4v) is 4.24. The molecule has 1 unspecified atom stereocenters. The van der Waals surface area contributed by atoms with Crippen molar-refractivity contribution < 1.29 is 23.7 Å². The van der Waals surface area contributed by atoms with Crippen molar-refractivity contribution >= 4 is 22.9 Å². The zero-order valence-corrected chi connectivity index (χ0v) is 15.6. The van der Waals surface area contributed by atoms with Gasteiger partial charge in [-0.2, -0.15) is 9.97 Å². The van der Waals surface area contributed by atoms with Crippen LogP contribution in [0, 0.1) is 5.92 Å². The second-order valence-electron chi connectivity index (χ2n) is 7.54. The number of imidazole rings is 1. The van der Waals surface area contributed by atoms with Gasteiger partial charge in [0.2, 0.25) is 11.8 Å². The van der Waals surface area contributed by atoms with Crippen LogP contribution in [0.25, 0.3) is 11.2 Å². The lowest BCUT2D eigenvalue weighted by Gasteiger charge is -2.27. The van der Waals surface area contributed by atoms with Crippen molar-refractivity contribution in [2.45, 2.75) is 43.9 Å². The van der Waals surface area contributed by atoms with Crippen molar-refractivity contribution in [3.63, 3.8) is 0 Å². The summed E-state index contributed by atoms with van der Waals surface area (Å²) in [6.07, 6.45) is 1.46. The Bertz CT molecular complexity index is 872. The molecule has 2 aromatic rings. The number of fused-ring (bicyclic) bond motifs is 1. The summed E-state index contributed by atoms with van der Waals surface area (Å²) in [5, 5.41) is 18.8. The third-order valence-electron chi connectivity index (χ3n) is 5.71. The van der Waals surface area contributed by atoms with Crippen LogP contribution >= 0.6 is 0 Å². The van der Waals surface area contributed by atoms with E-state index < -0.39 is 43.3 Å². The molecule has 9 nitrogen and oxygen atoms in total. The van der Waals surface area contributed by atoms with E-state index >= 15 is 8.78 Å². The fraction of sp³-hybridized carbons (Fsp3) is 0.706. The molecule has 2 fully saturated rings. The van der Waals surface area contributed by atoms with Crippen LogP contribution in [0.15, 0.2) is 6.33 Å². The highest BCUT2D eigenvalue weighted by Crippen LogP contribution is 2.53. The molecule has 2 saturated heterocycles. The predicted octanol–water partition coefficient (Wildman–Crippen LogP) is 0.922. The Morgan fingerprint density at radius 3 is 2.64 bits per heavy atom. The number of hydrogen-bond donors (Lipinski definition) is 3. The molecular weight excluding hydrogens is 374 g/mol. The van der Waals surface area contributed by atoms with Crippen LogP contribution in [0.5, 0.6) is 0 Å². The molecule has 2 aromatic heterocycles. The van der Waals surface area contributed by atoms with Crippen LogP contribution < -0.4 is 10.6 Å². The Labute approximate surface area is 160 Å². The molecule has 2 aliphatic rings. The molecule has 11 heteroatoms. The Balaban J connectivity index is 1.81. The summed E-state index contributed by atoms with van der Waals surface area (Å²) in [5.41, 5.74) is 4.25. The van der Waals surface area contributed by atoms with Gasteiger partial charge in [0.05, 0.1) is 18.9 Å². The van der Waals surface area contributed by atoms with Crippen molar-refractivity contribution in [2.24, 2.45) is 5.92 Å². The highest BCUT2D eigenvalue weighted by atomic mass is 19.2. The molecule has 0 spiro atoms. The van der Waals surface area contributed by atoms with Gasteiger partial charge in [-0.25, -0.2) is 13.8 Å². The van der Waals surface area contributed by atoms with Crippen LogP contribution in [0.4, 0.5) is 20.5 Å². The molecule has 4 atom stereocenters. The van der Waals surface area contributed by atoms with Gasteiger partial charge in [-0.05, 0) is 19.8 Å². The molecule has 0 aromatic carbocycles. The predicted molar refractivity (Wildman–Crippen MR) is 96.9 cm³/mol. The molecule has 2 aliphatic heterocycles. The zero-order valence-electron chi connectivity index (χ0n) is 15.6. The number of rotatable bonds is 5. The highest BCUT2D eigenvalue weighted by Gasteiger charge is 2.64. The van der Waals surface area contributed by atoms with Gasteiger partial charge in [-0.1, -0.05) is 0 Å². The minimum Gasteiger partial charge on any atom is -0.396 e. The number of nitrogens with two attached hydrogens (primary N) is 1. The zero-order chi connectivity index (χ0) is 20.1. The van der Waals surface area contributed by atoms with Gasteiger partial charge in [-0.15, -0.1) is 0 Å². The Morgan fingerprint density at radius 2 is 2.00 bits per heavy atom. The minimum absolute atomic E-state index is 0.00436. The van der Waals surface area contributed by atoms with Crippen LogP contribution in [0.1, 0.15) is 32.4 Å². The second kappa shape index (κ2) is 6.75. The Kier molecular flexibility index (Phi) is 4.63. The van der Waals surface area contributed by atoms with Crippen molar-refractivity contribution in [2.75, 3.05) is 36.9 Å². The maximum atomic E-state index is 15.6. The molecule has 0 saturated carbocycles. The maximum Gasteiger partial charge on any atom is 0.224 e. The van der Waals surface area contributed by atoms with Crippen LogP contribution in [0.2, 0.25) is 0 Å². The van der Waals surface area contributed by atoms with E-state index in [1.165, 1.54) is 10.9 Å². The van der Waals surface area contributed by atoms with E-state index in [1.807, 2.05) is 4.90 Å². The number of nitrogen functional groups attached to an aromatic ring is 1. The molecule has 4 heterocycles. The van der Waals surface area contributed by atoms with E-state index in [0.29, 0.717) is 11.3 Å². The summed E-state index contributed by atoms with van der Waals surface area (Å²) in [4.78, 5) is 14.8. The first-order chi connectivity index (χ1) is 13.3. The van der Waals surface area contributed by atoms with Crippen LogP contribution in [-0.2, 0) is 4.74 Å². The van der Waals surface area contributed by atoms with Crippen molar-refractivity contribution in [3.8, 4) is 0 Å². The first kappa shape index (κ1) is 19.2. The van der Waals surface area contributed by atoms with Crippen molar-refractivity contribution in [1.29, 1.82) is 0 Å². The third-order valence-corrected chi connectivity index (χ3v) is 5.71. The van der Waals surface area contributed by atoms with E-state index in [-0.39, 0.29) is 11.6 Å². The van der Waals surface area contributed by atoms with Crippen LogP contribution in [0.3, 0.4) is 0 Å². The number of alkyl halides is 2. The van der Waals surface area contributed by atoms with Gasteiger partial charge >= 0.3 is 0 Å². The fourth-order valence-electron chi connectivity index (χ4n) is 4.24. The number of aliphatic hydroxyl groups is 2. The monoisotopic (exact) mass is 398 g/mol. The lowest BCUT2D eigenvalue weighted by molar-refractivity contribution is -0.184. The number of halogens is 2. The Morgan fingerprint density at radius 1 is 1.29 bits per heavy atom. The number of anilines is 2. The first-order valence-corrected chi connectivity index (χ1v) is 9.34. The van der Waals surface area contributed by atoms with Gasteiger partial charge in [-0.3, -0.25) is 4.57 Å². The third kappa shape index (κ3) is 2.80. The number of aromatic nitrogens is 4. The van der Waals surface area contributed by atoms with Gasteiger partial charge in [0.15, 0.2) is 28.9 Å². The summed E-state index contributed by atoms with van der Waals surface area (Å²) in [6.45, 7) is 1.44. The maximum absolute atomic E-state index is 15.6. The number of nitrogens with zero attached hydrogens (tertiary/aromatic N) is 5. The lowest BCUT2D eigenvalue weighted by Crippen LogP contribution is -2.42. The smallest absolute Gasteiger partial charge is 0.224 e. The second-order valence-corrected chi connectivity index (χ2v) is 7.54. The first-order valence-electron chi connectivity index (χ1n) is 9.34. The van der Waals surface area contributed by atoms with Crippen molar-refractivity contribution in [3.05, 3.63) is 6.33 Å². The minimum atomic E-state index is -2.52. The Hall–Kier alpha value is -2.11. The molecule has 4 rings (SSSR count). The SMILES string of the molecule is C[C@@]1(F)C(CO)[C@@](F)(CCO)O[C@H]1n1cnc2c(N3CCCC3)nc(N)nc21. The molecule has 0 bridgehead atoms. The normalized spacial score (nSPS) is 33.2. The van der Waals surface area contributed by atoms with E-state index in [1.54, 1.807) is 0 Å². The number of aliphatic hydroxyl groups excluding tert-OH is 2. The van der Waals surface area contributed by atoms with Crippen LogP contribution in [-0.4, -0.2) is 67.6 Å². The van der Waals surface area contributed by atoms with Gasteiger partial charge < -0.3 is 25.6 Å². The molecule has 4 N–H and O–H groups in total. The topological polar surface area (TPSA) is 123 Å². The van der Waals surface area contributed by atoms with E-state index in [4.69, 9.17) is 10.5 Å². The number of ether oxygens (including phenoxy) is 1. The molecule has 0 amide bonds. The molecule has 0 aliphatic carbocycles. The quantitative estimate of drug-likeness (QED) is 0.680. The highest BCUT2D eigenvalue weighted by molar-refractivity contribution is 5.85. The van der Waals surface area contributed by atoms with Gasteiger partial charge in [0.25, 0.3) is 0 Å². The van der Waals surface area contributed by atoms with Gasteiger partial charge in [0, 0.05) is 26.1 Å². The van der Waals surface area contributed by atoms with Crippen molar-refractivity contribution in [1.82, 2.24) is 19.5 Å². The van der Waals surface area contributed by atoms with E-state index in [9.17, 15) is 10.2 Å². The lowest BCUT2D eigenvalue weighted by atomic mass is 9.86. The average Bonchev–Trinajstić information content (AvgIpc) is 3.32. The van der Waals surface area contributed by atoms with E-state index in [0.717, 1.165) is 32.9 Å². The molecule has 28 heavy (non-hydrogen) atoms. The summed E-state index contributed by atoms with van der Waals surface area (Å²) < 4.78 is 37.5. The van der Waals surface area contributed by atoms with E-state index in [2.05, 4.69) is 15.0 Å². The molecular formula is C17H24F2N6O3. The molecule has 154 valence electrons. The standard InChI is InChI=1S/C17H24F2N6O3/c1-16(18)10(8-27)17(19,4-7-26)28-14(16)25-9-21-11-12(24-5-2-3-6-24)22-15(20)23-13(11)25/h9-10,14,26-27H,2-8H2,1H3,(H2,20,22,23)/t10?,14-,16-,17-/m1/s1. The largest absolute Gasteiger partial charge is 0.396 e. The summed E-state index contributed by atoms with van der Waals surface area (Å²) in [6, 6.07) is 0. The summed E-state index contributed by atoms with van der Waals surface area (Å²) in [7, 11) is 0. The number of hydrogen-bond acceptors (Lipinski definition) is 8. The molecule has 0 radical (unpaired) electrons. The van der Waals surface area contributed by atoms with Gasteiger partial charge in [0.1, 0.15) is 0 Å². The average molecular weight is 398 g/mol. The summed E-state index contributed by atoms with van der Waals surface area (Å²) in [5.74, 6) is -3.45.